The second kappa shape index (κ2) is 4.08. The van der Waals surface area contributed by atoms with Crippen LogP contribution in [-0.2, 0) is 9.47 Å². The number of hydrazine groups is 1. The van der Waals surface area contributed by atoms with Gasteiger partial charge in [-0.3, -0.25) is 0 Å². The molecule has 0 atom stereocenters. The molecule has 0 saturated heterocycles. The summed E-state index contributed by atoms with van der Waals surface area (Å²) < 4.78 is 8.99. The summed E-state index contributed by atoms with van der Waals surface area (Å²) in [5, 5.41) is 0.269. The standard InChI is InChI=1S/C7H14N2O4/c1-7(2,3)13-6(11)9(8)5(10)12-4/h8H2,1-4H3. The molecule has 0 aromatic carbocycles. The molecule has 0 aromatic heterocycles. The molecule has 0 aliphatic carbocycles. The highest BCUT2D eigenvalue weighted by Gasteiger charge is 2.24. The van der Waals surface area contributed by atoms with Gasteiger partial charge in [0.2, 0.25) is 0 Å². The molecule has 0 unspecified atom stereocenters. The summed E-state index contributed by atoms with van der Waals surface area (Å²) in [4.78, 5) is 21.8. The van der Waals surface area contributed by atoms with E-state index in [0.717, 1.165) is 7.11 Å². The Morgan fingerprint density at radius 3 is 2.00 bits per heavy atom. The van der Waals surface area contributed by atoms with Gasteiger partial charge >= 0.3 is 12.2 Å². The second-order valence-electron chi connectivity index (χ2n) is 3.32. The van der Waals surface area contributed by atoms with Crippen LogP contribution in [0.4, 0.5) is 9.59 Å². The van der Waals surface area contributed by atoms with Crippen LogP contribution in [-0.4, -0.2) is 29.9 Å². The van der Waals surface area contributed by atoms with Crippen LogP contribution in [0.2, 0.25) is 0 Å². The number of ether oxygens (including phenoxy) is 2. The number of methoxy groups -OCH3 is 1. The Labute approximate surface area is 76.5 Å². The van der Waals surface area contributed by atoms with Gasteiger partial charge in [0.15, 0.2) is 0 Å². The Balaban J connectivity index is 4.20. The van der Waals surface area contributed by atoms with E-state index in [9.17, 15) is 9.59 Å². The van der Waals surface area contributed by atoms with Crippen molar-refractivity contribution in [3.8, 4) is 0 Å². The Bertz CT molecular complexity index is 209. The molecule has 2 amide bonds. The van der Waals surface area contributed by atoms with Crippen molar-refractivity contribution in [1.29, 1.82) is 0 Å². The number of imide groups is 1. The number of hydrogen-bond acceptors (Lipinski definition) is 5. The molecule has 76 valence electrons. The maximum absolute atomic E-state index is 11.0. The van der Waals surface area contributed by atoms with Gasteiger partial charge in [0.25, 0.3) is 0 Å². The first-order valence-electron chi connectivity index (χ1n) is 3.63. The zero-order valence-electron chi connectivity index (χ0n) is 8.16. The molecule has 0 saturated carbocycles. The van der Waals surface area contributed by atoms with Crippen LogP contribution in [0.15, 0.2) is 0 Å². The van der Waals surface area contributed by atoms with Crippen molar-refractivity contribution in [3.63, 3.8) is 0 Å². The van der Waals surface area contributed by atoms with Crippen molar-refractivity contribution in [3.05, 3.63) is 0 Å². The van der Waals surface area contributed by atoms with Crippen molar-refractivity contribution >= 4 is 12.2 Å². The van der Waals surface area contributed by atoms with E-state index in [2.05, 4.69) is 4.74 Å². The summed E-state index contributed by atoms with van der Waals surface area (Å²) in [5.74, 6) is 5.06. The quantitative estimate of drug-likeness (QED) is 0.348. The van der Waals surface area contributed by atoms with E-state index in [4.69, 9.17) is 10.6 Å². The minimum atomic E-state index is -0.964. The third-order valence-corrected chi connectivity index (χ3v) is 0.962. The Morgan fingerprint density at radius 2 is 1.69 bits per heavy atom. The number of amides is 2. The van der Waals surface area contributed by atoms with Crippen LogP contribution >= 0.6 is 0 Å². The maximum atomic E-state index is 11.0. The van der Waals surface area contributed by atoms with Crippen molar-refractivity contribution in [2.75, 3.05) is 7.11 Å². The van der Waals surface area contributed by atoms with Gasteiger partial charge in [-0.1, -0.05) is 0 Å². The average Bonchev–Trinajstić information content (AvgIpc) is 1.98. The number of carbonyl (C=O) groups is 2. The second-order valence-corrected chi connectivity index (χ2v) is 3.32. The van der Waals surface area contributed by atoms with Gasteiger partial charge in [-0.05, 0) is 20.8 Å². The van der Waals surface area contributed by atoms with Crippen LogP contribution in [0.5, 0.6) is 0 Å². The van der Waals surface area contributed by atoms with Gasteiger partial charge in [0.1, 0.15) is 5.60 Å². The normalized spacial score (nSPS) is 10.5. The van der Waals surface area contributed by atoms with Gasteiger partial charge in [0, 0.05) is 0 Å². The van der Waals surface area contributed by atoms with Gasteiger partial charge in [-0.2, -0.15) is 0 Å². The first-order valence-corrected chi connectivity index (χ1v) is 3.63. The molecule has 0 fully saturated rings. The van der Waals surface area contributed by atoms with E-state index in [1.165, 1.54) is 0 Å². The van der Waals surface area contributed by atoms with E-state index in [0.29, 0.717) is 0 Å². The summed E-state index contributed by atoms with van der Waals surface area (Å²) >= 11 is 0. The molecule has 0 rings (SSSR count). The highest BCUT2D eigenvalue weighted by Crippen LogP contribution is 2.08. The van der Waals surface area contributed by atoms with E-state index in [-0.39, 0.29) is 5.01 Å². The van der Waals surface area contributed by atoms with Crippen molar-refractivity contribution in [2.24, 2.45) is 5.84 Å². The number of nitrogens with two attached hydrogens (primary N) is 1. The average molecular weight is 190 g/mol. The van der Waals surface area contributed by atoms with E-state index in [1.54, 1.807) is 20.8 Å². The highest BCUT2D eigenvalue weighted by atomic mass is 16.6. The first kappa shape index (κ1) is 11.7. The fourth-order valence-corrected chi connectivity index (χ4v) is 0.484. The fourth-order valence-electron chi connectivity index (χ4n) is 0.484. The summed E-state index contributed by atoms with van der Waals surface area (Å²) in [6.45, 7) is 4.99. The lowest BCUT2D eigenvalue weighted by Crippen LogP contribution is -2.45. The van der Waals surface area contributed by atoms with Crippen LogP contribution in [0, 0.1) is 0 Å². The van der Waals surface area contributed by atoms with E-state index >= 15 is 0 Å². The smallest absolute Gasteiger partial charge is 0.434 e. The highest BCUT2D eigenvalue weighted by molar-refractivity contribution is 5.86. The fraction of sp³-hybridized carbons (Fsp3) is 0.714. The van der Waals surface area contributed by atoms with Crippen LogP contribution in [0.3, 0.4) is 0 Å². The molecule has 0 bridgehead atoms. The Morgan fingerprint density at radius 1 is 1.23 bits per heavy atom. The number of carbonyl (C=O) groups excluding carboxylic acids is 2. The summed E-state index contributed by atoms with van der Waals surface area (Å²) in [6, 6.07) is 0. The molecule has 0 aliphatic rings. The lowest BCUT2D eigenvalue weighted by Gasteiger charge is -2.22. The minimum absolute atomic E-state index is 0.269. The van der Waals surface area contributed by atoms with Gasteiger partial charge in [0.05, 0.1) is 7.11 Å². The zero-order chi connectivity index (χ0) is 10.6. The molecule has 0 radical (unpaired) electrons. The van der Waals surface area contributed by atoms with Gasteiger partial charge in [-0.25, -0.2) is 15.4 Å². The molecule has 13 heavy (non-hydrogen) atoms. The van der Waals surface area contributed by atoms with E-state index < -0.39 is 17.8 Å². The predicted octanol–water partition coefficient (Wildman–Crippen LogP) is 0.864. The molecule has 0 aromatic rings. The Hall–Kier alpha value is -1.30. The molecule has 6 heteroatoms. The maximum Gasteiger partial charge on any atom is 0.434 e. The van der Waals surface area contributed by atoms with Crippen LogP contribution in [0.25, 0.3) is 0 Å². The van der Waals surface area contributed by atoms with Gasteiger partial charge < -0.3 is 9.47 Å². The molecule has 0 spiro atoms. The monoisotopic (exact) mass is 190 g/mol. The Kier molecular flexibility index (Phi) is 3.68. The van der Waals surface area contributed by atoms with Crippen LogP contribution < -0.4 is 5.84 Å². The number of nitrogens with zero attached hydrogens (tertiary/aromatic N) is 1. The van der Waals surface area contributed by atoms with Gasteiger partial charge in [-0.15, -0.1) is 5.01 Å². The predicted molar refractivity (Wildman–Crippen MR) is 44.7 cm³/mol. The topological polar surface area (TPSA) is 81.9 Å². The third kappa shape index (κ3) is 4.32. The summed E-state index contributed by atoms with van der Waals surface area (Å²) in [5.41, 5.74) is -0.692. The van der Waals surface area contributed by atoms with Crippen molar-refractivity contribution in [1.82, 2.24) is 5.01 Å². The summed E-state index contributed by atoms with van der Waals surface area (Å²) in [6.07, 6.45) is -1.91. The largest absolute Gasteiger partial charge is 0.451 e. The SMILES string of the molecule is COC(=O)N(N)C(=O)OC(C)(C)C. The first-order chi connectivity index (χ1) is 5.78. The third-order valence-electron chi connectivity index (χ3n) is 0.962. The van der Waals surface area contributed by atoms with Crippen LogP contribution in [0.1, 0.15) is 20.8 Å². The molecule has 0 aliphatic heterocycles. The molecule has 2 N–H and O–H groups in total. The molecule has 6 nitrogen and oxygen atoms in total. The van der Waals surface area contributed by atoms with Crippen molar-refractivity contribution in [2.45, 2.75) is 26.4 Å². The van der Waals surface area contributed by atoms with E-state index in [1.807, 2.05) is 0 Å². The minimum Gasteiger partial charge on any atom is -0.451 e. The lowest BCUT2D eigenvalue weighted by atomic mass is 10.2. The lowest BCUT2D eigenvalue weighted by molar-refractivity contribution is 0.0244. The number of hydrogen-bond donors (Lipinski definition) is 1. The number of rotatable bonds is 0. The van der Waals surface area contributed by atoms with Crippen molar-refractivity contribution < 1.29 is 19.1 Å². The zero-order valence-corrected chi connectivity index (χ0v) is 8.16. The molecule has 0 heterocycles. The molecular formula is C7H14N2O4. The molecular weight excluding hydrogens is 176 g/mol. The summed E-state index contributed by atoms with van der Waals surface area (Å²) in [7, 11) is 1.12.